The van der Waals surface area contributed by atoms with Crippen LogP contribution in [0, 0.1) is 5.82 Å². The minimum absolute atomic E-state index is 0.0626. The normalized spacial score (nSPS) is 18.3. The van der Waals surface area contributed by atoms with Crippen molar-refractivity contribution >= 4 is 35.4 Å². The summed E-state index contributed by atoms with van der Waals surface area (Å²) in [5.41, 5.74) is 1.00. The number of ether oxygens (including phenoxy) is 1. The van der Waals surface area contributed by atoms with Crippen molar-refractivity contribution in [1.29, 1.82) is 0 Å². The van der Waals surface area contributed by atoms with Crippen molar-refractivity contribution in [2.24, 2.45) is 0 Å². The molecule has 2 saturated heterocycles. The Hall–Kier alpha value is -4.42. The van der Waals surface area contributed by atoms with Gasteiger partial charge in [0.05, 0.1) is 30.0 Å². The van der Waals surface area contributed by atoms with Gasteiger partial charge in [0.25, 0.3) is 5.91 Å². The maximum atomic E-state index is 15.0. The van der Waals surface area contributed by atoms with Gasteiger partial charge in [-0.1, -0.05) is 0 Å². The molecule has 3 heterocycles. The zero-order valence-corrected chi connectivity index (χ0v) is 20.1. The number of piperazine rings is 1. The van der Waals surface area contributed by atoms with Crippen LogP contribution in [0.5, 0.6) is 0 Å². The van der Waals surface area contributed by atoms with Crippen LogP contribution in [0.4, 0.5) is 25.4 Å². The maximum absolute atomic E-state index is 15.0. The van der Waals surface area contributed by atoms with Crippen LogP contribution in [0.3, 0.4) is 0 Å². The summed E-state index contributed by atoms with van der Waals surface area (Å²) < 4.78 is 20.1. The lowest BCUT2D eigenvalue weighted by atomic mass is 10.2. The van der Waals surface area contributed by atoms with Crippen LogP contribution >= 0.6 is 0 Å². The first-order valence-electron chi connectivity index (χ1n) is 11.7. The summed E-state index contributed by atoms with van der Waals surface area (Å²) in [6, 6.07) is 6.91. The smallest absolute Gasteiger partial charge is 0.414 e. The van der Waals surface area contributed by atoms with E-state index in [1.807, 2.05) is 4.90 Å². The molecular weight excluding hydrogens is 487 g/mol. The summed E-state index contributed by atoms with van der Waals surface area (Å²) in [6.45, 7) is 3.13. The van der Waals surface area contributed by atoms with Gasteiger partial charge in [0.15, 0.2) is 0 Å². The Morgan fingerprint density at radius 1 is 1.22 bits per heavy atom. The third-order valence-corrected chi connectivity index (χ3v) is 6.17. The highest BCUT2D eigenvalue weighted by molar-refractivity contribution is 5.97. The van der Waals surface area contributed by atoms with Gasteiger partial charge < -0.3 is 30.3 Å². The lowest BCUT2D eigenvalue weighted by Crippen LogP contribution is -2.54. The molecule has 2 fully saturated rings. The summed E-state index contributed by atoms with van der Waals surface area (Å²) in [5.74, 6) is -1.15. The third kappa shape index (κ3) is 6.05. The average Bonchev–Trinajstić information content (AvgIpc) is 3.28. The second-order valence-corrected chi connectivity index (χ2v) is 8.69. The fourth-order valence-electron chi connectivity index (χ4n) is 4.24. The Kier molecular flexibility index (Phi) is 7.70. The van der Waals surface area contributed by atoms with Gasteiger partial charge in [-0.05, 0) is 37.3 Å². The molecule has 37 heavy (non-hydrogen) atoms. The number of pyridine rings is 1. The molecule has 2 atom stereocenters. The Labute approximate surface area is 212 Å². The number of rotatable bonds is 7. The van der Waals surface area contributed by atoms with E-state index in [2.05, 4.69) is 15.6 Å². The zero-order valence-electron chi connectivity index (χ0n) is 20.1. The van der Waals surface area contributed by atoms with Gasteiger partial charge in [0.2, 0.25) is 5.91 Å². The van der Waals surface area contributed by atoms with Gasteiger partial charge in [-0.2, -0.15) is 0 Å². The number of amides is 4. The van der Waals surface area contributed by atoms with E-state index in [9.17, 15) is 19.2 Å². The minimum Gasteiger partial charge on any atom is -0.465 e. The summed E-state index contributed by atoms with van der Waals surface area (Å²) in [5, 5.41) is 13.5. The second kappa shape index (κ2) is 11.1. The molecule has 0 unspecified atom stereocenters. The number of anilines is 2. The van der Waals surface area contributed by atoms with Crippen molar-refractivity contribution in [2.45, 2.75) is 19.1 Å². The molecule has 0 saturated carbocycles. The van der Waals surface area contributed by atoms with E-state index in [4.69, 9.17) is 9.84 Å². The van der Waals surface area contributed by atoms with E-state index < -0.39 is 30.1 Å². The van der Waals surface area contributed by atoms with Crippen molar-refractivity contribution in [2.75, 3.05) is 49.1 Å². The molecule has 1 aromatic heterocycles. The molecule has 0 radical (unpaired) electrons. The Morgan fingerprint density at radius 2 is 1.97 bits per heavy atom. The maximum Gasteiger partial charge on any atom is 0.414 e. The number of benzene rings is 1. The number of nitrogens with zero attached hydrogens (tertiary/aromatic N) is 4. The van der Waals surface area contributed by atoms with E-state index in [1.54, 1.807) is 42.3 Å². The predicted octanol–water partition coefficient (Wildman–Crippen LogP) is 1.28. The number of carbonyl (C=O) groups excluding carboxylic acids is 3. The number of carboxylic acid groups (broad SMARTS) is 1. The van der Waals surface area contributed by atoms with Crippen LogP contribution in [0.2, 0.25) is 0 Å². The molecule has 1 aromatic carbocycles. The van der Waals surface area contributed by atoms with Crippen molar-refractivity contribution in [3.05, 3.63) is 54.1 Å². The first kappa shape index (κ1) is 25.7. The summed E-state index contributed by atoms with van der Waals surface area (Å²) in [6.07, 6.45) is 0.400. The first-order chi connectivity index (χ1) is 17.7. The number of hydrogen-bond acceptors (Lipinski definition) is 7. The zero-order chi connectivity index (χ0) is 26.5. The van der Waals surface area contributed by atoms with E-state index in [0.717, 1.165) is 0 Å². The molecule has 0 spiro atoms. The molecule has 2 aliphatic heterocycles. The standard InChI is InChI=1S/C24H27FN6O6/c1-15(28-21(32)16-3-2-6-26-12-16)22(33)30-9-7-29(8-10-30)20-5-4-17(11-19(20)25)31-14-18(37-24(31)36)13-27-23(34)35/h2-6,11-12,15,18,27H,7-10,13-14H2,1H3,(H,28,32)(H,34,35)/t15-,18-/m0/s1. The molecule has 196 valence electrons. The molecule has 2 aliphatic rings. The monoisotopic (exact) mass is 514 g/mol. The van der Waals surface area contributed by atoms with Crippen LogP contribution < -0.4 is 20.4 Å². The van der Waals surface area contributed by atoms with E-state index in [0.29, 0.717) is 43.1 Å². The van der Waals surface area contributed by atoms with Crippen molar-refractivity contribution in [3.63, 3.8) is 0 Å². The summed E-state index contributed by atoms with van der Waals surface area (Å²) >= 11 is 0. The number of halogens is 1. The molecule has 3 N–H and O–H groups in total. The van der Waals surface area contributed by atoms with Crippen molar-refractivity contribution in [1.82, 2.24) is 20.5 Å². The number of nitrogens with one attached hydrogen (secondary N) is 2. The van der Waals surface area contributed by atoms with Crippen molar-refractivity contribution < 1.29 is 33.4 Å². The number of carbonyl (C=O) groups is 4. The minimum atomic E-state index is -1.23. The highest BCUT2D eigenvalue weighted by Gasteiger charge is 2.33. The Bertz CT molecular complexity index is 1170. The van der Waals surface area contributed by atoms with Gasteiger partial charge >= 0.3 is 12.2 Å². The van der Waals surface area contributed by atoms with E-state index in [1.165, 1.54) is 17.2 Å². The van der Waals surface area contributed by atoms with Gasteiger partial charge in [-0.25, -0.2) is 14.0 Å². The van der Waals surface area contributed by atoms with Crippen LogP contribution in [0.25, 0.3) is 0 Å². The quantitative estimate of drug-likeness (QED) is 0.501. The van der Waals surface area contributed by atoms with Crippen LogP contribution in [-0.4, -0.2) is 90.4 Å². The lowest BCUT2D eigenvalue weighted by molar-refractivity contribution is -0.133. The number of aromatic nitrogens is 1. The van der Waals surface area contributed by atoms with Gasteiger partial charge in [0, 0.05) is 38.6 Å². The Morgan fingerprint density at radius 3 is 2.62 bits per heavy atom. The molecule has 12 nitrogen and oxygen atoms in total. The molecule has 2 aromatic rings. The second-order valence-electron chi connectivity index (χ2n) is 8.69. The average molecular weight is 515 g/mol. The summed E-state index contributed by atoms with van der Waals surface area (Å²) in [7, 11) is 0. The molecule has 0 bridgehead atoms. The predicted molar refractivity (Wildman–Crippen MR) is 130 cm³/mol. The lowest BCUT2D eigenvalue weighted by Gasteiger charge is -2.37. The number of hydrogen-bond donors (Lipinski definition) is 3. The van der Waals surface area contributed by atoms with Gasteiger partial charge in [-0.15, -0.1) is 0 Å². The summed E-state index contributed by atoms with van der Waals surface area (Å²) in [4.78, 5) is 56.5. The SMILES string of the molecule is C[C@H](NC(=O)c1cccnc1)C(=O)N1CCN(c2ccc(N3C[C@H](CNC(=O)O)OC3=O)cc2F)CC1. The third-order valence-electron chi connectivity index (χ3n) is 6.17. The fraction of sp³-hybridized carbons (Fsp3) is 0.375. The molecule has 13 heteroatoms. The molecule has 4 amide bonds. The highest BCUT2D eigenvalue weighted by atomic mass is 19.1. The number of cyclic esters (lactones) is 1. The molecule has 4 rings (SSSR count). The van der Waals surface area contributed by atoms with Crippen LogP contribution in [0.1, 0.15) is 17.3 Å². The fourth-order valence-corrected chi connectivity index (χ4v) is 4.24. The first-order valence-corrected chi connectivity index (χ1v) is 11.7. The largest absolute Gasteiger partial charge is 0.465 e. The van der Waals surface area contributed by atoms with Gasteiger partial charge in [-0.3, -0.25) is 19.5 Å². The molecule has 0 aliphatic carbocycles. The topological polar surface area (TPSA) is 144 Å². The Balaban J connectivity index is 1.31. The van der Waals surface area contributed by atoms with Gasteiger partial charge in [0.1, 0.15) is 18.0 Å². The highest BCUT2D eigenvalue weighted by Crippen LogP contribution is 2.28. The molecular formula is C24H27FN6O6. The van der Waals surface area contributed by atoms with E-state index in [-0.39, 0.29) is 24.9 Å². The van der Waals surface area contributed by atoms with Crippen molar-refractivity contribution in [3.8, 4) is 0 Å². The van der Waals surface area contributed by atoms with Crippen LogP contribution in [-0.2, 0) is 9.53 Å². The van der Waals surface area contributed by atoms with E-state index >= 15 is 4.39 Å². The van der Waals surface area contributed by atoms with Crippen LogP contribution in [0.15, 0.2) is 42.7 Å².